The maximum absolute atomic E-state index is 11.7. The van der Waals surface area contributed by atoms with E-state index < -0.39 is 0 Å². The first-order valence-electron chi connectivity index (χ1n) is 5.15. The average molecular weight is 219 g/mol. The van der Waals surface area contributed by atoms with Crippen molar-refractivity contribution in [2.75, 3.05) is 4.90 Å². The summed E-state index contributed by atoms with van der Waals surface area (Å²) < 4.78 is 0. The third kappa shape index (κ3) is 1.69. The van der Waals surface area contributed by atoms with Crippen LogP contribution in [0, 0.1) is 5.92 Å². The lowest BCUT2D eigenvalue weighted by Crippen LogP contribution is -2.30. The van der Waals surface area contributed by atoms with Crippen LogP contribution in [0.4, 0.5) is 5.82 Å². The first-order chi connectivity index (χ1) is 7.63. The summed E-state index contributed by atoms with van der Waals surface area (Å²) in [6.45, 7) is 2.14. The van der Waals surface area contributed by atoms with Crippen molar-refractivity contribution in [3.8, 4) is 0 Å². The van der Waals surface area contributed by atoms with Crippen molar-refractivity contribution >= 4 is 17.6 Å². The van der Waals surface area contributed by atoms with Crippen LogP contribution in [-0.4, -0.2) is 16.8 Å². The van der Waals surface area contributed by atoms with Gasteiger partial charge in [-0.2, -0.15) is 0 Å². The van der Waals surface area contributed by atoms with Gasteiger partial charge in [0.1, 0.15) is 5.82 Å². The maximum atomic E-state index is 11.7. The van der Waals surface area contributed by atoms with Gasteiger partial charge in [-0.15, -0.1) is 0 Å². The van der Waals surface area contributed by atoms with Crippen molar-refractivity contribution < 1.29 is 9.59 Å². The standard InChI is InChI=1S/C11H13N3O2/c1-7-4-10(15)14(11(7)16)9-3-2-8(5-12)6-13-9/h2-3,6-7H,4-5,12H2,1H3. The predicted molar refractivity (Wildman–Crippen MR) is 58.4 cm³/mol. The summed E-state index contributed by atoms with van der Waals surface area (Å²) in [6, 6.07) is 3.42. The maximum Gasteiger partial charge on any atom is 0.238 e. The summed E-state index contributed by atoms with van der Waals surface area (Å²) in [5, 5.41) is 0. The van der Waals surface area contributed by atoms with Crippen LogP contribution in [0.15, 0.2) is 18.3 Å². The van der Waals surface area contributed by atoms with E-state index in [4.69, 9.17) is 5.73 Å². The normalized spacial score (nSPS) is 20.6. The Morgan fingerprint density at radius 1 is 1.50 bits per heavy atom. The van der Waals surface area contributed by atoms with E-state index in [1.165, 1.54) is 0 Å². The molecule has 0 saturated carbocycles. The molecule has 2 rings (SSSR count). The Morgan fingerprint density at radius 2 is 2.25 bits per heavy atom. The number of hydrogen-bond acceptors (Lipinski definition) is 4. The molecule has 1 atom stereocenters. The Labute approximate surface area is 93.3 Å². The number of imide groups is 1. The third-order valence-electron chi connectivity index (χ3n) is 2.65. The van der Waals surface area contributed by atoms with Gasteiger partial charge in [-0.1, -0.05) is 13.0 Å². The Kier molecular flexibility index (Phi) is 2.70. The number of rotatable bonds is 2. The zero-order valence-corrected chi connectivity index (χ0v) is 9.01. The number of hydrogen-bond donors (Lipinski definition) is 1. The molecule has 1 fully saturated rings. The van der Waals surface area contributed by atoms with Gasteiger partial charge in [-0.3, -0.25) is 9.59 Å². The average Bonchev–Trinajstić information content (AvgIpc) is 2.54. The molecule has 5 heteroatoms. The van der Waals surface area contributed by atoms with Gasteiger partial charge in [0, 0.05) is 25.1 Å². The lowest BCUT2D eigenvalue weighted by Gasteiger charge is -2.13. The van der Waals surface area contributed by atoms with Gasteiger partial charge in [-0.05, 0) is 11.6 Å². The van der Waals surface area contributed by atoms with Crippen molar-refractivity contribution in [2.45, 2.75) is 19.9 Å². The second-order valence-corrected chi connectivity index (χ2v) is 3.90. The lowest BCUT2D eigenvalue weighted by atomic mass is 10.1. The highest BCUT2D eigenvalue weighted by molar-refractivity contribution is 6.20. The molecule has 0 aromatic carbocycles. The molecule has 1 unspecified atom stereocenters. The molecule has 2 N–H and O–H groups in total. The molecular weight excluding hydrogens is 206 g/mol. The van der Waals surface area contributed by atoms with Gasteiger partial charge in [-0.25, -0.2) is 9.88 Å². The summed E-state index contributed by atoms with van der Waals surface area (Å²) in [5.41, 5.74) is 6.31. The van der Waals surface area contributed by atoms with E-state index in [-0.39, 0.29) is 24.2 Å². The Balaban J connectivity index is 2.30. The molecule has 0 bridgehead atoms. The van der Waals surface area contributed by atoms with Crippen molar-refractivity contribution in [3.63, 3.8) is 0 Å². The van der Waals surface area contributed by atoms with Gasteiger partial charge in [0.2, 0.25) is 11.8 Å². The monoisotopic (exact) mass is 219 g/mol. The minimum absolute atomic E-state index is 0.182. The van der Waals surface area contributed by atoms with E-state index in [0.29, 0.717) is 12.4 Å². The minimum Gasteiger partial charge on any atom is -0.326 e. The van der Waals surface area contributed by atoms with Crippen LogP contribution in [0.2, 0.25) is 0 Å². The Bertz CT molecular complexity index is 427. The van der Waals surface area contributed by atoms with Crippen LogP contribution >= 0.6 is 0 Å². The number of carbonyl (C=O) groups excluding carboxylic acids is 2. The van der Waals surface area contributed by atoms with Crippen molar-refractivity contribution in [2.24, 2.45) is 11.7 Å². The number of nitrogens with two attached hydrogens (primary N) is 1. The lowest BCUT2D eigenvalue weighted by molar-refractivity contribution is -0.122. The largest absolute Gasteiger partial charge is 0.326 e. The Hall–Kier alpha value is -1.75. The second-order valence-electron chi connectivity index (χ2n) is 3.90. The number of aromatic nitrogens is 1. The van der Waals surface area contributed by atoms with E-state index in [1.807, 2.05) is 0 Å². The molecule has 1 aromatic rings. The zero-order valence-electron chi connectivity index (χ0n) is 9.01. The van der Waals surface area contributed by atoms with Crippen LogP contribution in [0.1, 0.15) is 18.9 Å². The number of carbonyl (C=O) groups is 2. The third-order valence-corrected chi connectivity index (χ3v) is 2.65. The molecule has 16 heavy (non-hydrogen) atoms. The molecule has 84 valence electrons. The smallest absolute Gasteiger partial charge is 0.238 e. The van der Waals surface area contributed by atoms with Crippen molar-refractivity contribution in [1.82, 2.24) is 4.98 Å². The fourth-order valence-electron chi connectivity index (χ4n) is 1.69. The van der Waals surface area contributed by atoms with E-state index in [0.717, 1.165) is 10.5 Å². The Morgan fingerprint density at radius 3 is 2.69 bits per heavy atom. The number of anilines is 1. The van der Waals surface area contributed by atoms with E-state index in [1.54, 1.807) is 25.3 Å². The topological polar surface area (TPSA) is 76.3 Å². The van der Waals surface area contributed by atoms with E-state index in [9.17, 15) is 9.59 Å². The second kappa shape index (κ2) is 4.02. The quantitative estimate of drug-likeness (QED) is 0.732. The van der Waals surface area contributed by atoms with Crippen LogP contribution in [-0.2, 0) is 16.1 Å². The van der Waals surface area contributed by atoms with Crippen LogP contribution in [0.25, 0.3) is 0 Å². The van der Waals surface area contributed by atoms with Crippen molar-refractivity contribution in [3.05, 3.63) is 23.9 Å². The highest BCUT2D eigenvalue weighted by Gasteiger charge is 2.37. The molecule has 2 heterocycles. The molecule has 0 radical (unpaired) electrons. The van der Waals surface area contributed by atoms with Crippen LogP contribution in [0.3, 0.4) is 0 Å². The summed E-state index contributed by atoms with van der Waals surface area (Å²) in [5.74, 6) is -0.233. The summed E-state index contributed by atoms with van der Waals surface area (Å²) in [4.78, 5) is 28.5. The molecule has 1 aliphatic rings. The predicted octanol–water partition coefficient (Wildman–Crippen LogP) is 0.440. The van der Waals surface area contributed by atoms with Gasteiger partial charge < -0.3 is 5.73 Å². The molecular formula is C11H13N3O2. The highest BCUT2D eigenvalue weighted by Crippen LogP contribution is 2.24. The number of pyridine rings is 1. The fourth-order valence-corrected chi connectivity index (χ4v) is 1.69. The molecule has 1 aromatic heterocycles. The molecule has 0 spiro atoms. The molecule has 1 saturated heterocycles. The molecule has 0 aliphatic carbocycles. The highest BCUT2D eigenvalue weighted by atomic mass is 16.2. The summed E-state index contributed by atoms with van der Waals surface area (Å²) in [6.07, 6.45) is 1.85. The first-order valence-corrected chi connectivity index (χ1v) is 5.15. The minimum atomic E-state index is -0.247. The molecule has 1 aliphatic heterocycles. The summed E-state index contributed by atoms with van der Waals surface area (Å²) in [7, 11) is 0. The van der Waals surface area contributed by atoms with Gasteiger partial charge in [0.25, 0.3) is 0 Å². The SMILES string of the molecule is CC1CC(=O)N(c2ccc(CN)cn2)C1=O. The molecule has 5 nitrogen and oxygen atoms in total. The molecule has 2 amide bonds. The van der Waals surface area contributed by atoms with E-state index in [2.05, 4.69) is 4.98 Å². The van der Waals surface area contributed by atoms with Gasteiger partial charge in [0.05, 0.1) is 0 Å². The zero-order chi connectivity index (χ0) is 11.7. The first kappa shape index (κ1) is 10.8. The van der Waals surface area contributed by atoms with E-state index >= 15 is 0 Å². The van der Waals surface area contributed by atoms with Crippen LogP contribution in [0.5, 0.6) is 0 Å². The van der Waals surface area contributed by atoms with Crippen LogP contribution < -0.4 is 10.6 Å². The van der Waals surface area contributed by atoms with Crippen molar-refractivity contribution in [1.29, 1.82) is 0 Å². The number of nitrogens with zero attached hydrogens (tertiary/aromatic N) is 2. The van der Waals surface area contributed by atoms with Gasteiger partial charge >= 0.3 is 0 Å². The summed E-state index contributed by atoms with van der Waals surface area (Å²) >= 11 is 0. The van der Waals surface area contributed by atoms with Gasteiger partial charge in [0.15, 0.2) is 0 Å². The fraction of sp³-hybridized carbons (Fsp3) is 0.364. The number of amides is 2.